The fourth-order valence-corrected chi connectivity index (χ4v) is 3.14. The number of carboxylic acids is 1. The zero-order valence-corrected chi connectivity index (χ0v) is 15.8. The zero-order chi connectivity index (χ0) is 20.6. The Morgan fingerprint density at radius 1 is 1.14 bits per heavy atom. The molecule has 1 atom stereocenters. The van der Waals surface area contributed by atoms with E-state index in [9.17, 15) is 19.5 Å². The Morgan fingerprint density at radius 2 is 1.79 bits per heavy atom. The van der Waals surface area contributed by atoms with Gasteiger partial charge in [-0.1, -0.05) is 32.9 Å². The molecule has 0 spiro atoms. The maximum atomic E-state index is 12.9. The van der Waals surface area contributed by atoms with Crippen LogP contribution in [0, 0.1) is 5.41 Å². The summed E-state index contributed by atoms with van der Waals surface area (Å²) in [5.74, 6) is -2.27. The molecule has 7 nitrogen and oxygen atoms in total. The van der Waals surface area contributed by atoms with Gasteiger partial charge in [0.15, 0.2) is 11.5 Å². The number of nitrogens with zero attached hydrogens (tertiary/aromatic N) is 1. The van der Waals surface area contributed by atoms with Gasteiger partial charge >= 0.3 is 5.97 Å². The second-order valence-electron chi connectivity index (χ2n) is 7.69. The molecular weight excluding hydrogens is 362 g/mol. The number of hydrogen-bond acceptors (Lipinski definition) is 5. The van der Waals surface area contributed by atoms with E-state index in [-0.39, 0.29) is 23.5 Å². The summed E-state index contributed by atoms with van der Waals surface area (Å²) < 4.78 is 5.46. The van der Waals surface area contributed by atoms with Crippen LogP contribution in [-0.4, -0.2) is 32.8 Å². The van der Waals surface area contributed by atoms with E-state index in [1.54, 1.807) is 45.0 Å². The lowest BCUT2D eigenvalue weighted by Gasteiger charge is -2.27. The van der Waals surface area contributed by atoms with Crippen LogP contribution in [0.2, 0.25) is 0 Å². The van der Waals surface area contributed by atoms with Crippen LogP contribution in [0.25, 0.3) is 0 Å². The molecule has 0 saturated carbocycles. The number of amides is 1. The van der Waals surface area contributed by atoms with Crippen molar-refractivity contribution in [2.24, 2.45) is 5.41 Å². The molecule has 2 N–H and O–H groups in total. The van der Waals surface area contributed by atoms with Crippen molar-refractivity contribution >= 4 is 17.7 Å². The number of furan rings is 1. The Labute approximate surface area is 161 Å². The number of Topliss-reactive ketones (excluding diaryl/α,β-unsaturated/α-hetero) is 1. The average Bonchev–Trinajstić information content (AvgIpc) is 3.23. The highest BCUT2D eigenvalue weighted by molar-refractivity contribution is 6.10. The first-order valence-electron chi connectivity index (χ1n) is 8.76. The third-order valence-electron chi connectivity index (χ3n) is 4.60. The molecule has 146 valence electrons. The van der Waals surface area contributed by atoms with Crippen molar-refractivity contribution in [3.05, 3.63) is 70.9 Å². The van der Waals surface area contributed by atoms with Crippen LogP contribution in [0.3, 0.4) is 0 Å². The van der Waals surface area contributed by atoms with Crippen molar-refractivity contribution in [3.8, 4) is 0 Å². The van der Waals surface area contributed by atoms with Gasteiger partial charge in [0, 0.05) is 12.0 Å². The van der Waals surface area contributed by atoms with E-state index in [2.05, 4.69) is 0 Å². The van der Waals surface area contributed by atoms with Crippen LogP contribution >= 0.6 is 0 Å². The van der Waals surface area contributed by atoms with Gasteiger partial charge in [0.1, 0.15) is 11.8 Å². The standard InChI is InChI=1S/C21H21NO6/c1-21(2,3)18(24)15-16(14-5-4-10-28-14)22(19(25)17(15)23)11-12-6-8-13(9-7-12)20(26)27/h4-10,16,23H,11H2,1-3H3,(H,26,27). The van der Waals surface area contributed by atoms with Gasteiger partial charge in [0.05, 0.1) is 17.4 Å². The molecule has 2 heterocycles. The number of carbonyl (C=O) groups is 3. The quantitative estimate of drug-likeness (QED) is 0.818. The number of aliphatic hydroxyl groups is 1. The first-order chi connectivity index (χ1) is 13.1. The summed E-state index contributed by atoms with van der Waals surface area (Å²) in [6.07, 6.45) is 1.44. The van der Waals surface area contributed by atoms with Gasteiger partial charge in [-0.3, -0.25) is 9.59 Å². The molecule has 1 amide bonds. The monoisotopic (exact) mass is 383 g/mol. The Bertz CT molecular complexity index is 948. The van der Waals surface area contributed by atoms with Crippen LogP contribution in [0.15, 0.2) is 58.4 Å². The Morgan fingerprint density at radius 3 is 2.29 bits per heavy atom. The van der Waals surface area contributed by atoms with Gasteiger partial charge in [0.2, 0.25) is 0 Å². The van der Waals surface area contributed by atoms with E-state index in [4.69, 9.17) is 9.52 Å². The molecule has 2 aromatic rings. The summed E-state index contributed by atoms with van der Waals surface area (Å²) in [4.78, 5) is 38.1. The lowest BCUT2D eigenvalue weighted by molar-refractivity contribution is -0.130. The molecule has 0 radical (unpaired) electrons. The second-order valence-corrected chi connectivity index (χ2v) is 7.69. The molecule has 28 heavy (non-hydrogen) atoms. The smallest absolute Gasteiger partial charge is 0.335 e. The van der Waals surface area contributed by atoms with Crippen LogP contribution in [0.5, 0.6) is 0 Å². The van der Waals surface area contributed by atoms with E-state index >= 15 is 0 Å². The van der Waals surface area contributed by atoms with E-state index in [1.165, 1.54) is 23.3 Å². The van der Waals surface area contributed by atoms with Crippen molar-refractivity contribution in [2.45, 2.75) is 33.4 Å². The van der Waals surface area contributed by atoms with Gasteiger partial charge in [-0.05, 0) is 29.8 Å². The Balaban J connectivity index is 2.00. The van der Waals surface area contributed by atoms with Gasteiger partial charge < -0.3 is 19.5 Å². The molecule has 1 aliphatic rings. The van der Waals surface area contributed by atoms with Gasteiger partial charge in [-0.2, -0.15) is 0 Å². The predicted octanol–water partition coefficient (Wildman–Crippen LogP) is 3.49. The highest BCUT2D eigenvalue weighted by Crippen LogP contribution is 2.41. The summed E-state index contributed by atoms with van der Waals surface area (Å²) in [6.45, 7) is 5.22. The van der Waals surface area contributed by atoms with Crippen molar-refractivity contribution in [2.75, 3.05) is 0 Å². The molecule has 0 aliphatic carbocycles. The van der Waals surface area contributed by atoms with Gasteiger partial charge in [-0.25, -0.2) is 4.79 Å². The van der Waals surface area contributed by atoms with Crippen molar-refractivity contribution in [1.82, 2.24) is 4.90 Å². The first-order valence-corrected chi connectivity index (χ1v) is 8.76. The van der Waals surface area contributed by atoms with Crippen LogP contribution < -0.4 is 0 Å². The minimum atomic E-state index is -1.05. The molecule has 0 fully saturated rings. The number of rotatable bonds is 5. The number of hydrogen-bond donors (Lipinski definition) is 2. The van der Waals surface area contributed by atoms with Gasteiger partial charge in [-0.15, -0.1) is 0 Å². The summed E-state index contributed by atoms with van der Waals surface area (Å²) in [5, 5.41) is 19.5. The van der Waals surface area contributed by atoms with Crippen molar-refractivity contribution in [1.29, 1.82) is 0 Å². The average molecular weight is 383 g/mol. The SMILES string of the molecule is CC(C)(C)C(=O)C1=C(O)C(=O)N(Cc2ccc(C(=O)O)cc2)C1c1ccco1. The highest BCUT2D eigenvalue weighted by Gasteiger charge is 2.47. The van der Waals surface area contributed by atoms with E-state index in [0.29, 0.717) is 11.3 Å². The molecule has 1 aromatic heterocycles. The lowest BCUT2D eigenvalue weighted by atomic mass is 9.83. The summed E-state index contributed by atoms with van der Waals surface area (Å²) in [7, 11) is 0. The molecule has 1 aromatic carbocycles. The molecule has 3 rings (SSSR count). The maximum Gasteiger partial charge on any atom is 0.335 e. The third-order valence-corrected chi connectivity index (χ3v) is 4.60. The summed E-state index contributed by atoms with van der Waals surface area (Å²) >= 11 is 0. The molecule has 1 aliphatic heterocycles. The predicted molar refractivity (Wildman–Crippen MR) is 99.5 cm³/mol. The minimum Gasteiger partial charge on any atom is -0.503 e. The maximum absolute atomic E-state index is 12.9. The summed E-state index contributed by atoms with van der Waals surface area (Å²) in [6, 6.07) is 8.51. The normalized spacial score (nSPS) is 17.3. The second kappa shape index (κ2) is 6.99. The number of aromatic carboxylic acids is 1. The molecule has 0 saturated heterocycles. The Hall–Kier alpha value is -3.35. The summed E-state index contributed by atoms with van der Waals surface area (Å²) in [5.41, 5.74) is -0.00134. The molecule has 1 unspecified atom stereocenters. The Kier molecular flexibility index (Phi) is 4.85. The number of carboxylic acid groups (broad SMARTS) is 1. The largest absolute Gasteiger partial charge is 0.503 e. The number of benzene rings is 1. The fourth-order valence-electron chi connectivity index (χ4n) is 3.14. The van der Waals surface area contributed by atoms with Crippen LogP contribution in [0.1, 0.15) is 48.5 Å². The van der Waals surface area contributed by atoms with Crippen molar-refractivity contribution in [3.63, 3.8) is 0 Å². The highest BCUT2D eigenvalue weighted by atomic mass is 16.4. The number of aliphatic hydroxyl groups excluding tert-OH is 1. The first kappa shape index (κ1) is 19.4. The zero-order valence-electron chi connectivity index (χ0n) is 15.8. The van der Waals surface area contributed by atoms with E-state index in [1.807, 2.05) is 0 Å². The number of carbonyl (C=O) groups excluding carboxylic acids is 2. The lowest BCUT2D eigenvalue weighted by Crippen LogP contribution is -2.32. The molecule has 7 heteroatoms. The van der Waals surface area contributed by atoms with E-state index in [0.717, 1.165) is 0 Å². The van der Waals surface area contributed by atoms with Crippen LogP contribution in [-0.2, 0) is 16.1 Å². The number of ketones is 1. The van der Waals surface area contributed by atoms with Gasteiger partial charge in [0.25, 0.3) is 5.91 Å². The fraction of sp³-hybridized carbons (Fsp3) is 0.286. The molecular formula is C21H21NO6. The minimum absolute atomic E-state index is 0.00889. The molecule has 0 bridgehead atoms. The van der Waals surface area contributed by atoms with Crippen LogP contribution in [0.4, 0.5) is 0 Å². The van der Waals surface area contributed by atoms with Crippen molar-refractivity contribution < 1.29 is 29.0 Å². The third kappa shape index (κ3) is 3.43. The topological polar surface area (TPSA) is 108 Å². The van der Waals surface area contributed by atoms with E-state index < -0.39 is 29.1 Å².